The van der Waals surface area contributed by atoms with Gasteiger partial charge in [0.05, 0.1) is 12.6 Å². The molecule has 1 heterocycles. The van der Waals surface area contributed by atoms with Crippen molar-refractivity contribution >= 4 is 5.96 Å². The van der Waals surface area contributed by atoms with Crippen molar-refractivity contribution in [1.82, 2.24) is 4.90 Å². The molecule has 1 aliphatic heterocycles. The van der Waals surface area contributed by atoms with Gasteiger partial charge in [-0.25, -0.2) is 4.99 Å². The van der Waals surface area contributed by atoms with E-state index in [0.717, 1.165) is 19.5 Å². The number of likely N-dealkylation sites (tertiary alicyclic amines) is 1. The fraction of sp³-hybridized carbons (Fsp3) is 0.909. The number of aliphatic imine (C=N–C) groups is 1. The van der Waals surface area contributed by atoms with Crippen LogP contribution in [-0.4, -0.2) is 41.7 Å². The summed E-state index contributed by atoms with van der Waals surface area (Å²) in [5.41, 5.74) is 5.93. The molecule has 1 saturated heterocycles. The normalized spacial score (nSPS) is 25.4. The van der Waals surface area contributed by atoms with E-state index in [0.29, 0.717) is 11.9 Å². The van der Waals surface area contributed by atoms with Gasteiger partial charge in [-0.15, -0.1) is 0 Å². The number of piperidine rings is 1. The van der Waals surface area contributed by atoms with Crippen molar-refractivity contribution in [1.29, 1.82) is 0 Å². The number of aliphatic hydroxyl groups is 1. The van der Waals surface area contributed by atoms with E-state index in [1.165, 1.54) is 12.8 Å². The van der Waals surface area contributed by atoms with Crippen molar-refractivity contribution in [2.45, 2.75) is 39.2 Å². The Balaban J connectivity index is 2.53. The maximum atomic E-state index is 9.04. The first-order valence-corrected chi connectivity index (χ1v) is 5.86. The van der Waals surface area contributed by atoms with Crippen molar-refractivity contribution in [3.05, 3.63) is 0 Å². The van der Waals surface area contributed by atoms with Crippen molar-refractivity contribution < 1.29 is 5.11 Å². The van der Waals surface area contributed by atoms with E-state index in [-0.39, 0.29) is 12.6 Å². The minimum absolute atomic E-state index is 0.0396. The van der Waals surface area contributed by atoms with Gasteiger partial charge < -0.3 is 15.7 Å². The van der Waals surface area contributed by atoms with Crippen LogP contribution in [0.15, 0.2) is 4.99 Å². The number of guanidine groups is 1. The van der Waals surface area contributed by atoms with Crippen LogP contribution in [0, 0.1) is 5.92 Å². The number of nitrogens with two attached hydrogens (primary N) is 1. The van der Waals surface area contributed by atoms with E-state index < -0.39 is 0 Å². The third-order valence-electron chi connectivity index (χ3n) is 2.98. The molecule has 0 spiro atoms. The predicted octanol–water partition coefficient (Wildman–Crippen LogP) is 0.804. The lowest BCUT2D eigenvalue weighted by atomic mass is 10.0. The van der Waals surface area contributed by atoms with Gasteiger partial charge in [0, 0.05) is 13.1 Å². The lowest BCUT2D eigenvalue weighted by Gasteiger charge is -2.32. The van der Waals surface area contributed by atoms with Crippen LogP contribution >= 0.6 is 0 Å². The molecule has 1 aliphatic rings. The van der Waals surface area contributed by atoms with Gasteiger partial charge in [0.2, 0.25) is 0 Å². The summed E-state index contributed by atoms with van der Waals surface area (Å²) in [4.78, 5) is 6.47. The van der Waals surface area contributed by atoms with Gasteiger partial charge in [-0.05, 0) is 25.2 Å². The van der Waals surface area contributed by atoms with Crippen LogP contribution in [0.25, 0.3) is 0 Å². The fourth-order valence-electron chi connectivity index (χ4n) is 1.93. The smallest absolute Gasteiger partial charge is 0.191 e. The molecule has 15 heavy (non-hydrogen) atoms. The third kappa shape index (κ3) is 3.70. The Bertz CT molecular complexity index is 214. The highest BCUT2D eigenvalue weighted by molar-refractivity contribution is 5.78. The van der Waals surface area contributed by atoms with E-state index in [2.05, 4.69) is 16.8 Å². The molecule has 0 saturated carbocycles. The first kappa shape index (κ1) is 12.3. The molecule has 0 aromatic heterocycles. The van der Waals surface area contributed by atoms with Crippen molar-refractivity contribution in [3.63, 3.8) is 0 Å². The van der Waals surface area contributed by atoms with Crippen LogP contribution in [0.3, 0.4) is 0 Å². The molecule has 2 atom stereocenters. The fourth-order valence-corrected chi connectivity index (χ4v) is 1.93. The highest BCUT2D eigenvalue weighted by Gasteiger charge is 2.18. The summed E-state index contributed by atoms with van der Waals surface area (Å²) in [5, 5.41) is 9.04. The summed E-state index contributed by atoms with van der Waals surface area (Å²) < 4.78 is 0. The third-order valence-corrected chi connectivity index (χ3v) is 2.98. The quantitative estimate of drug-likeness (QED) is 0.538. The summed E-state index contributed by atoms with van der Waals surface area (Å²) in [6.07, 6.45) is 3.30. The highest BCUT2D eigenvalue weighted by Crippen LogP contribution is 2.15. The van der Waals surface area contributed by atoms with Crippen molar-refractivity contribution in [2.24, 2.45) is 16.6 Å². The second kappa shape index (κ2) is 5.95. The molecule has 0 aromatic rings. The summed E-state index contributed by atoms with van der Waals surface area (Å²) >= 11 is 0. The second-order valence-electron chi connectivity index (χ2n) is 4.43. The van der Waals surface area contributed by atoms with Gasteiger partial charge in [0.25, 0.3) is 0 Å². The van der Waals surface area contributed by atoms with Gasteiger partial charge in [0.15, 0.2) is 5.96 Å². The van der Waals surface area contributed by atoms with Crippen LogP contribution in [0.2, 0.25) is 0 Å². The van der Waals surface area contributed by atoms with E-state index in [9.17, 15) is 0 Å². The molecular formula is C11H23N3O. The SMILES string of the molecule is CC[C@H](CO)N=C(N)N1CCCC(C)C1. The van der Waals surface area contributed by atoms with Crippen LogP contribution in [0.5, 0.6) is 0 Å². The van der Waals surface area contributed by atoms with E-state index in [1.54, 1.807) is 0 Å². The largest absolute Gasteiger partial charge is 0.394 e. The maximum Gasteiger partial charge on any atom is 0.191 e. The molecule has 0 bridgehead atoms. The molecule has 4 heteroatoms. The molecule has 4 nitrogen and oxygen atoms in total. The summed E-state index contributed by atoms with van der Waals surface area (Å²) in [7, 11) is 0. The lowest BCUT2D eigenvalue weighted by Crippen LogP contribution is -2.44. The first-order valence-electron chi connectivity index (χ1n) is 5.86. The zero-order valence-corrected chi connectivity index (χ0v) is 9.82. The average molecular weight is 213 g/mol. The molecular weight excluding hydrogens is 190 g/mol. The maximum absolute atomic E-state index is 9.04. The number of aliphatic hydroxyl groups excluding tert-OH is 1. The van der Waals surface area contributed by atoms with Crippen molar-refractivity contribution in [3.8, 4) is 0 Å². The Labute approximate surface area is 92.2 Å². The van der Waals surface area contributed by atoms with Gasteiger partial charge in [-0.2, -0.15) is 0 Å². The monoisotopic (exact) mass is 213 g/mol. The van der Waals surface area contributed by atoms with Gasteiger partial charge in [-0.3, -0.25) is 0 Å². The van der Waals surface area contributed by atoms with Gasteiger partial charge >= 0.3 is 0 Å². The van der Waals surface area contributed by atoms with E-state index in [4.69, 9.17) is 10.8 Å². The Morgan fingerprint density at radius 2 is 2.40 bits per heavy atom. The Hall–Kier alpha value is -0.770. The molecule has 0 radical (unpaired) electrons. The minimum Gasteiger partial charge on any atom is -0.394 e. The number of nitrogens with zero attached hydrogens (tertiary/aromatic N) is 2. The van der Waals surface area contributed by atoms with Crippen LogP contribution in [-0.2, 0) is 0 Å². The molecule has 0 aliphatic carbocycles. The second-order valence-corrected chi connectivity index (χ2v) is 4.43. The topological polar surface area (TPSA) is 61.9 Å². The Morgan fingerprint density at radius 3 is 2.93 bits per heavy atom. The lowest BCUT2D eigenvalue weighted by molar-refractivity contribution is 0.253. The summed E-state index contributed by atoms with van der Waals surface area (Å²) in [5.74, 6) is 1.30. The summed E-state index contributed by atoms with van der Waals surface area (Å²) in [6, 6.07) is -0.0396. The van der Waals surface area contributed by atoms with E-state index >= 15 is 0 Å². The molecule has 0 aromatic carbocycles. The van der Waals surface area contributed by atoms with Crippen LogP contribution in [0.4, 0.5) is 0 Å². The number of hydrogen-bond donors (Lipinski definition) is 2. The zero-order valence-electron chi connectivity index (χ0n) is 9.82. The van der Waals surface area contributed by atoms with Crippen LogP contribution < -0.4 is 5.73 Å². The van der Waals surface area contributed by atoms with E-state index in [1.807, 2.05) is 6.92 Å². The van der Waals surface area contributed by atoms with Gasteiger partial charge in [0.1, 0.15) is 0 Å². The molecule has 1 unspecified atom stereocenters. The number of rotatable bonds is 3. The molecule has 1 fully saturated rings. The first-order chi connectivity index (χ1) is 7.17. The van der Waals surface area contributed by atoms with Gasteiger partial charge in [-0.1, -0.05) is 13.8 Å². The Kier molecular flexibility index (Phi) is 4.88. The molecule has 1 rings (SSSR count). The standard InChI is InChI=1S/C11H23N3O/c1-3-10(8-15)13-11(12)14-6-4-5-9(2)7-14/h9-10,15H,3-8H2,1-2H3,(H2,12,13)/t9?,10-/m1/s1. The van der Waals surface area contributed by atoms with Crippen molar-refractivity contribution in [2.75, 3.05) is 19.7 Å². The molecule has 88 valence electrons. The highest BCUT2D eigenvalue weighted by atomic mass is 16.3. The minimum atomic E-state index is -0.0396. The summed E-state index contributed by atoms with van der Waals surface area (Å²) in [6.45, 7) is 6.33. The number of hydrogen-bond acceptors (Lipinski definition) is 2. The Morgan fingerprint density at radius 1 is 1.67 bits per heavy atom. The molecule has 0 amide bonds. The van der Waals surface area contributed by atoms with Crippen LogP contribution in [0.1, 0.15) is 33.1 Å². The molecule has 3 N–H and O–H groups in total. The predicted molar refractivity (Wildman–Crippen MR) is 62.8 cm³/mol. The average Bonchev–Trinajstić information content (AvgIpc) is 2.25. The zero-order chi connectivity index (χ0) is 11.3.